The molecule has 0 unspecified atom stereocenters. The average molecular weight is 426 g/mol. The van der Waals surface area contributed by atoms with E-state index >= 15 is 0 Å². The maximum Gasteiger partial charge on any atom is 0.261 e. The first-order valence-electron chi connectivity index (χ1n) is 7.90. The van der Waals surface area contributed by atoms with Crippen molar-refractivity contribution in [3.8, 4) is 5.75 Å². The second-order valence-corrected chi connectivity index (χ2v) is 8.35. The number of hydrogen-bond acceptors (Lipinski definition) is 4. The van der Waals surface area contributed by atoms with E-state index in [1.54, 1.807) is 6.07 Å². The van der Waals surface area contributed by atoms with Crippen LogP contribution in [0.4, 0.5) is 5.69 Å². The minimum absolute atomic E-state index is 0.0670. The molecule has 0 atom stereocenters. The van der Waals surface area contributed by atoms with E-state index in [1.165, 1.54) is 30.5 Å². The Morgan fingerprint density at radius 3 is 2.74 bits per heavy atom. The summed E-state index contributed by atoms with van der Waals surface area (Å²) in [5.41, 5.74) is 0.920. The summed E-state index contributed by atoms with van der Waals surface area (Å²) in [4.78, 5) is 15.0. The number of sulfonamides is 1. The van der Waals surface area contributed by atoms with Gasteiger partial charge in [0.25, 0.3) is 15.9 Å². The maximum atomic E-state index is 12.9. The average Bonchev–Trinajstić information content (AvgIpc) is 2.93. The molecule has 7 nitrogen and oxygen atoms in total. The number of halogens is 2. The minimum atomic E-state index is -3.97. The predicted molar refractivity (Wildman–Crippen MR) is 103 cm³/mol. The highest BCUT2D eigenvalue weighted by Gasteiger charge is 2.23. The Hall–Kier alpha value is -2.42. The number of benzene rings is 2. The van der Waals surface area contributed by atoms with E-state index in [1.807, 2.05) is 0 Å². The van der Waals surface area contributed by atoms with E-state index in [0.717, 1.165) is 0 Å². The number of amides is 1. The summed E-state index contributed by atoms with van der Waals surface area (Å²) in [7, 11) is -3.97. The highest BCUT2D eigenvalue weighted by molar-refractivity contribution is 7.92. The lowest BCUT2D eigenvalue weighted by Crippen LogP contribution is -2.24. The van der Waals surface area contributed by atoms with Gasteiger partial charge in [-0.15, -0.1) is 0 Å². The number of carbonyl (C=O) groups excluding carboxylic acids is 1. The number of nitrogens with one attached hydrogen (secondary N) is 3. The van der Waals surface area contributed by atoms with Crippen molar-refractivity contribution in [3.05, 3.63) is 52.1 Å². The Morgan fingerprint density at radius 2 is 1.93 bits per heavy atom. The normalized spacial score (nSPS) is 14.2. The van der Waals surface area contributed by atoms with Crippen LogP contribution in [0.15, 0.2) is 41.4 Å². The number of ether oxygens (including phenoxy) is 1. The van der Waals surface area contributed by atoms with Crippen LogP contribution in [0.5, 0.6) is 5.75 Å². The van der Waals surface area contributed by atoms with Crippen molar-refractivity contribution in [3.63, 3.8) is 0 Å². The van der Waals surface area contributed by atoms with E-state index in [9.17, 15) is 13.2 Å². The third kappa shape index (κ3) is 3.20. The minimum Gasteiger partial charge on any atom is -0.491 e. The molecule has 0 fully saturated rings. The van der Waals surface area contributed by atoms with Crippen LogP contribution in [0.2, 0.25) is 10.0 Å². The Kier molecular flexibility index (Phi) is 4.41. The number of rotatable bonds is 3. The molecule has 0 aliphatic carbocycles. The number of H-pyrrole nitrogens is 1. The number of hydrogen-bond donors (Lipinski definition) is 3. The van der Waals surface area contributed by atoms with Crippen molar-refractivity contribution in [2.75, 3.05) is 17.9 Å². The smallest absolute Gasteiger partial charge is 0.261 e. The maximum absolute atomic E-state index is 12.9. The number of fused-ring (bicyclic) bond motifs is 2. The third-order valence-electron chi connectivity index (χ3n) is 4.13. The van der Waals surface area contributed by atoms with Gasteiger partial charge in [-0.05, 0) is 30.3 Å². The highest BCUT2D eigenvalue weighted by atomic mass is 35.5. The molecule has 1 aromatic heterocycles. The molecule has 0 saturated heterocycles. The van der Waals surface area contributed by atoms with Crippen LogP contribution in [0, 0.1) is 0 Å². The van der Waals surface area contributed by atoms with Crippen LogP contribution < -0.4 is 14.8 Å². The molecule has 1 aliphatic heterocycles. The van der Waals surface area contributed by atoms with Crippen LogP contribution in [0.25, 0.3) is 10.9 Å². The molecule has 3 N–H and O–H groups in total. The van der Waals surface area contributed by atoms with Gasteiger partial charge in [0, 0.05) is 11.6 Å². The van der Waals surface area contributed by atoms with Gasteiger partial charge in [0.15, 0.2) is 0 Å². The fourth-order valence-corrected chi connectivity index (χ4v) is 4.51. The fraction of sp³-hybridized carbons (Fsp3) is 0.118. The van der Waals surface area contributed by atoms with Crippen LogP contribution in [-0.4, -0.2) is 32.5 Å². The SMILES string of the molecule is O=C1NCCOc2ccc(S(=O)(=O)Nc3ccc(Cl)c4c(Cl)c[nH]c34)cc21. The van der Waals surface area contributed by atoms with Gasteiger partial charge >= 0.3 is 0 Å². The first-order valence-corrected chi connectivity index (χ1v) is 10.1. The largest absolute Gasteiger partial charge is 0.491 e. The molecule has 2 aromatic carbocycles. The van der Waals surface area contributed by atoms with E-state index in [4.69, 9.17) is 27.9 Å². The van der Waals surface area contributed by atoms with Gasteiger partial charge in [-0.3, -0.25) is 9.52 Å². The number of anilines is 1. The van der Waals surface area contributed by atoms with Crippen LogP contribution in [-0.2, 0) is 10.0 Å². The van der Waals surface area contributed by atoms with Crippen molar-refractivity contribution in [2.24, 2.45) is 0 Å². The summed E-state index contributed by atoms with van der Waals surface area (Å²) >= 11 is 12.2. The second-order valence-electron chi connectivity index (χ2n) is 5.85. The molecule has 3 aromatic rings. The summed E-state index contributed by atoms with van der Waals surface area (Å²) in [6.07, 6.45) is 1.53. The number of aromatic amines is 1. The molecule has 0 radical (unpaired) electrons. The summed E-state index contributed by atoms with van der Waals surface area (Å²) in [6, 6.07) is 7.23. The van der Waals surface area contributed by atoms with Gasteiger partial charge in [0.1, 0.15) is 12.4 Å². The summed E-state index contributed by atoms with van der Waals surface area (Å²) in [6.45, 7) is 0.670. The zero-order chi connectivity index (χ0) is 19.2. The Labute approximate surface area is 164 Å². The molecule has 1 aliphatic rings. The first-order chi connectivity index (χ1) is 12.9. The van der Waals surface area contributed by atoms with Crippen molar-refractivity contribution in [1.29, 1.82) is 0 Å². The molecule has 27 heavy (non-hydrogen) atoms. The quantitative estimate of drug-likeness (QED) is 0.598. The molecule has 2 heterocycles. The zero-order valence-electron chi connectivity index (χ0n) is 13.7. The van der Waals surface area contributed by atoms with Gasteiger partial charge in [0.05, 0.1) is 38.3 Å². The molecule has 10 heteroatoms. The molecular weight excluding hydrogens is 413 g/mol. The standard InChI is InChI=1S/C17H13Cl2N3O4S/c18-11-2-3-13(16-15(11)12(19)8-21-16)22-27(24,25)9-1-4-14-10(7-9)17(23)20-5-6-26-14/h1-4,7-8,21-22H,5-6H2,(H,20,23). The summed E-state index contributed by atoms with van der Waals surface area (Å²) in [5, 5.41) is 3.96. The molecule has 4 rings (SSSR count). The van der Waals surface area contributed by atoms with Gasteiger partial charge < -0.3 is 15.0 Å². The van der Waals surface area contributed by atoms with E-state index in [2.05, 4.69) is 15.0 Å². The molecule has 0 spiro atoms. The van der Waals surface area contributed by atoms with Crippen molar-refractivity contribution in [1.82, 2.24) is 10.3 Å². The highest BCUT2D eigenvalue weighted by Crippen LogP contribution is 2.35. The predicted octanol–water partition coefficient (Wildman–Crippen LogP) is 3.40. The van der Waals surface area contributed by atoms with Crippen molar-refractivity contribution < 1.29 is 17.9 Å². The molecular formula is C17H13Cl2N3O4S. The molecule has 140 valence electrons. The van der Waals surface area contributed by atoms with Crippen LogP contribution >= 0.6 is 23.2 Å². The van der Waals surface area contributed by atoms with E-state index < -0.39 is 10.0 Å². The second kappa shape index (κ2) is 6.63. The van der Waals surface area contributed by atoms with Gasteiger partial charge in [-0.25, -0.2) is 8.42 Å². The van der Waals surface area contributed by atoms with E-state index in [-0.39, 0.29) is 22.1 Å². The lowest BCUT2D eigenvalue weighted by Gasteiger charge is -2.12. The Morgan fingerprint density at radius 1 is 1.11 bits per heavy atom. The number of carbonyl (C=O) groups is 1. The Bertz CT molecular complexity index is 1170. The molecule has 1 amide bonds. The monoisotopic (exact) mass is 425 g/mol. The fourth-order valence-electron chi connectivity index (χ4n) is 2.86. The molecule has 0 bridgehead atoms. The lowest BCUT2D eigenvalue weighted by molar-refractivity contribution is 0.0957. The molecule has 0 saturated carbocycles. The Balaban J connectivity index is 1.75. The van der Waals surface area contributed by atoms with Crippen molar-refractivity contribution >= 4 is 55.7 Å². The van der Waals surface area contributed by atoms with Gasteiger partial charge in [-0.2, -0.15) is 0 Å². The number of aromatic nitrogens is 1. The van der Waals surface area contributed by atoms with Crippen LogP contribution in [0.3, 0.4) is 0 Å². The zero-order valence-corrected chi connectivity index (χ0v) is 16.0. The third-order valence-corrected chi connectivity index (χ3v) is 6.11. The van der Waals surface area contributed by atoms with Gasteiger partial charge in [-0.1, -0.05) is 23.2 Å². The van der Waals surface area contributed by atoms with Crippen LogP contribution in [0.1, 0.15) is 10.4 Å². The van der Waals surface area contributed by atoms with Crippen molar-refractivity contribution in [2.45, 2.75) is 4.90 Å². The van der Waals surface area contributed by atoms with Gasteiger partial charge in [0.2, 0.25) is 0 Å². The topological polar surface area (TPSA) is 100 Å². The lowest BCUT2D eigenvalue weighted by atomic mass is 10.2. The summed E-state index contributed by atoms with van der Waals surface area (Å²) < 4.78 is 33.7. The summed E-state index contributed by atoms with van der Waals surface area (Å²) in [5.74, 6) is -0.0430. The first kappa shape index (κ1) is 18.0. The van der Waals surface area contributed by atoms with E-state index in [0.29, 0.717) is 39.8 Å².